The Morgan fingerprint density at radius 2 is 1.55 bits per heavy atom. The largest absolute Gasteiger partial charge is 0.335 e. The number of nitrogens with one attached hydrogen (secondary N) is 2. The summed E-state index contributed by atoms with van der Waals surface area (Å²) in [6, 6.07) is 19.5. The second-order valence-electron chi connectivity index (χ2n) is 8.47. The van der Waals surface area contributed by atoms with Gasteiger partial charge in [0, 0.05) is 25.0 Å². The number of amides is 2. The molecule has 0 aromatic heterocycles. The molecule has 1 saturated carbocycles. The zero-order valence-electron chi connectivity index (χ0n) is 16.5. The van der Waals surface area contributed by atoms with E-state index in [0.29, 0.717) is 17.5 Å². The predicted octanol–water partition coefficient (Wildman–Crippen LogP) is 3.62. The van der Waals surface area contributed by atoms with E-state index < -0.39 is 0 Å². The van der Waals surface area contributed by atoms with Crippen LogP contribution in [-0.4, -0.2) is 42.1 Å². The average molecular weight is 386 g/mol. The van der Waals surface area contributed by atoms with Crippen LogP contribution in [0.25, 0.3) is 11.1 Å². The first-order chi connectivity index (χ1) is 14.2. The Morgan fingerprint density at radius 1 is 0.966 bits per heavy atom. The summed E-state index contributed by atoms with van der Waals surface area (Å²) in [6.07, 6.45) is 4.70. The number of fused-ring (bicyclic) bond motifs is 2. The summed E-state index contributed by atoms with van der Waals surface area (Å²) in [5, 5.41) is 15.7. The van der Waals surface area contributed by atoms with Crippen LogP contribution in [0.3, 0.4) is 0 Å². The maximum absolute atomic E-state index is 12.8. The minimum Gasteiger partial charge on any atom is -0.335 e. The Labute approximate surface area is 171 Å². The molecule has 29 heavy (non-hydrogen) atoms. The topological polar surface area (TPSA) is 68.2 Å². The lowest BCUT2D eigenvalue weighted by molar-refractivity contribution is -0.00443. The molecule has 2 heterocycles. The van der Waals surface area contributed by atoms with Crippen molar-refractivity contribution in [1.82, 2.24) is 15.5 Å². The fourth-order valence-electron chi connectivity index (χ4n) is 5.28. The smallest absolute Gasteiger partial charge is 0.318 e. The fraction of sp³-hybridized carbons (Fsp3) is 0.417. The van der Waals surface area contributed by atoms with Crippen molar-refractivity contribution in [1.29, 1.82) is 5.26 Å². The van der Waals surface area contributed by atoms with Crippen LogP contribution in [0.1, 0.15) is 42.7 Å². The zero-order chi connectivity index (χ0) is 19.8. The standard InChI is InChI=1S/C24H26N4O/c25-13-16-5-7-17(8-6-16)18-9-11-19(12-10-18)23-21-14-26-15-22(23)28(21)24(29)27-20-3-1-2-4-20/h5-12,20-23,26H,1-4,14-15H2,(H,27,29)/t21-,22+,23?. The van der Waals surface area contributed by atoms with Crippen molar-refractivity contribution < 1.29 is 4.79 Å². The van der Waals surface area contributed by atoms with Crippen molar-refractivity contribution in [2.24, 2.45) is 0 Å². The number of rotatable bonds is 3. The minimum atomic E-state index is 0.124. The number of hydrogen-bond donors (Lipinski definition) is 2. The van der Waals surface area contributed by atoms with Gasteiger partial charge in [-0.3, -0.25) is 0 Å². The molecule has 2 bridgehead atoms. The summed E-state index contributed by atoms with van der Waals surface area (Å²) in [5.41, 5.74) is 4.25. The van der Waals surface area contributed by atoms with Crippen molar-refractivity contribution in [3.05, 3.63) is 59.7 Å². The van der Waals surface area contributed by atoms with Crippen LogP contribution in [0.15, 0.2) is 48.5 Å². The summed E-state index contributed by atoms with van der Waals surface area (Å²) in [7, 11) is 0. The lowest BCUT2D eigenvalue weighted by atomic mass is 9.72. The molecule has 3 atom stereocenters. The molecule has 2 aliphatic heterocycles. The van der Waals surface area contributed by atoms with Crippen LogP contribution in [0.2, 0.25) is 0 Å². The lowest BCUT2D eigenvalue weighted by Crippen LogP contribution is -2.75. The number of nitriles is 1. The molecule has 1 unspecified atom stereocenters. The Kier molecular flexibility index (Phi) is 4.73. The van der Waals surface area contributed by atoms with Gasteiger partial charge in [0.2, 0.25) is 0 Å². The van der Waals surface area contributed by atoms with Crippen molar-refractivity contribution in [3.63, 3.8) is 0 Å². The molecule has 0 radical (unpaired) electrons. The molecule has 2 N–H and O–H groups in total. The number of carbonyl (C=O) groups excluding carboxylic acids is 1. The molecule has 1 aliphatic carbocycles. The van der Waals surface area contributed by atoms with Gasteiger partial charge in [0.15, 0.2) is 0 Å². The third-order valence-corrected chi connectivity index (χ3v) is 6.81. The van der Waals surface area contributed by atoms with E-state index in [4.69, 9.17) is 5.26 Å². The van der Waals surface area contributed by atoms with E-state index in [0.717, 1.165) is 37.1 Å². The highest BCUT2D eigenvalue weighted by molar-refractivity contribution is 5.77. The van der Waals surface area contributed by atoms with E-state index in [1.54, 1.807) is 0 Å². The first-order valence-corrected chi connectivity index (χ1v) is 10.6. The van der Waals surface area contributed by atoms with Crippen LogP contribution in [0, 0.1) is 11.3 Å². The third kappa shape index (κ3) is 3.28. The van der Waals surface area contributed by atoms with Crippen molar-refractivity contribution in [2.45, 2.75) is 49.7 Å². The predicted molar refractivity (Wildman–Crippen MR) is 112 cm³/mol. The molecule has 148 valence electrons. The minimum absolute atomic E-state index is 0.124. The maximum Gasteiger partial charge on any atom is 0.318 e. The van der Waals surface area contributed by atoms with Crippen molar-refractivity contribution >= 4 is 6.03 Å². The van der Waals surface area contributed by atoms with E-state index >= 15 is 0 Å². The number of piperidine rings is 1. The van der Waals surface area contributed by atoms with Gasteiger partial charge < -0.3 is 15.5 Å². The quantitative estimate of drug-likeness (QED) is 0.847. The highest BCUT2D eigenvalue weighted by atomic mass is 16.2. The molecular formula is C24H26N4O. The Morgan fingerprint density at radius 3 is 2.14 bits per heavy atom. The van der Waals surface area contributed by atoms with E-state index in [2.05, 4.69) is 45.9 Å². The summed E-state index contributed by atoms with van der Waals surface area (Å²) < 4.78 is 0. The summed E-state index contributed by atoms with van der Waals surface area (Å²) in [5.74, 6) is 0.403. The van der Waals surface area contributed by atoms with Gasteiger partial charge >= 0.3 is 6.03 Å². The van der Waals surface area contributed by atoms with Gasteiger partial charge in [0.1, 0.15) is 0 Å². The van der Waals surface area contributed by atoms with Gasteiger partial charge in [-0.05, 0) is 41.7 Å². The van der Waals surface area contributed by atoms with Crippen LogP contribution in [0.4, 0.5) is 4.79 Å². The number of nitrogens with zero attached hydrogens (tertiary/aromatic N) is 2. The Balaban J connectivity index is 1.29. The first kappa shape index (κ1) is 18.2. The molecular weight excluding hydrogens is 360 g/mol. The summed E-state index contributed by atoms with van der Waals surface area (Å²) >= 11 is 0. The van der Waals surface area contributed by atoms with Crippen LogP contribution in [-0.2, 0) is 0 Å². The second kappa shape index (κ2) is 7.53. The zero-order valence-corrected chi connectivity index (χ0v) is 16.5. The molecule has 0 spiro atoms. The lowest BCUT2D eigenvalue weighted by Gasteiger charge is -2.59. The number of piperazine rings is 1. The summed E-state index contributed by atoms with van der Waals surface area (Å²) in [4.78, 5) is 14.9. The van der Waals surface area contributed by atoms with Crippen molar-refractivity contribution in [3.8, 4) is 17.2 Å². The first-order valence-electron chi connectivity index (χ1n) is 10.6. The van der Waals surface area contributed by atoms with Crippen molar-refractivity contribution in [2.75, 3.05) is 13.1 Å². The molecule has 2 aromatic carbocycles. The van der Waals surface area contributed by atoms with Gasteiger partial charge in [-0.15, -0.1) is 0 Å². The summed E-state index contributed by atoms with van der Waals surface area (Å²) in [6.45, 7) is 1.72. The molecule has 5 heteroatoms. The van der Waals surface area contributed by atoms with Gasteiger partial charge in [-0.1, -0.05) is 49.2 Å². The highest BCUT2D eigenvalue weighted by Crippen LogP contribution is 2.43. The Bertz CT molecular complexity index is 913. The molecule has 3 aliphatic rings. The number of likely N-dealkylation sites (tertiary alicyclic amines) is 1. The third-order valence-electron chi connectivity index (χ3n) is 6.81. The van der Waals surface area contributed by atoms with Gasteiger partial charge in [0.05, 0.1) is 23.7 Å². The van der Waals surface area contributed by atoms with E-state index in [1.807, 2.05) is 24.3 Å². The molecule has 3 fully saturated rings. The molecule has 5 nitrogen and oxygen atoms in total. The van der Waals surface area contributed by atoms with Crippen LogP contribution < -0.4 is 10.6 Å². The van der Waals surface area contributed by atoms with E-state index in [-0.39, 0.29) is 18.1 Å². The maximum atomic E-state index is 12.8. The number of urea groups is 1. The normalized spacial score (nSPS) is 25.9. The van der Waals surface area contributed by atoms with Crippen LogP contribution >= 0.6 is 0 Å². The van der Waals surface area contributed by atoms with E-state index in [1.165, 1.54) is 18.4 Å². The second-order valence-corrected chi connectivity index (χ2v) is 8.47. The van der Waals surface area contributed by atoms with Gasteiger partial charge in [-0.2, -0.15) is 5.26 Å². The fourth-order valence-corrected chi connectivity index (χ4v) is 5.28. The average Bonchev–Trinajstić information content (AvgIpc) is 3.28. The van der Waals surface area contributed by atoms with E-state index in [9.17, 15) is 4.79 Å². The molecule has 2 aromatic rings. The van der Waals surface area contributed by atoms with Gasteiger partial charge in [0.25, 0.3) is 0 Å². The SMILES string of the molecule is N#Cc1ccc(-c2ccc(C3[C@H]4CNC[C@@H]3N4C(=O)NC3CCCC3)cc2)cc1. The molecule has 2 saturated heterocycles. The van der Waals surface area contributed by atoms with Crippen LogP contribution in [0.5, 0.6) is 0 Å². The highest BCUT2D eigenvalue weighted by Gasteiger charge is 2.53. The number of carbonyl (C=O) groups is 1. The molecule has 5 rings (SSSR count). The molecule has 2 amide bonds. The number of benzene rings is 2. The monoisotopic (exact) mass is 386 g/mol. The Hall–Kier alpha value is -2.84. The van der Waals surface area contributed by atoms with Gasteiger partial charge in [-0.25, -0.2) is 4.79 Å². The number of hydrogen-bond acceptors (Lipinski definition) is 3.